The second kappa shape index (κ2) is 5.84. The summed E-state index contributed by atoms with van der Waals surface area (Å²) in [6.07, 6.45) is 1.83. The van der Waals surface area contributed by atoms with Crippen molar-refractivity contribution in [1.82, 2.24) is 15.1 Å². The van der Waals surface area contributed by atoms with E-state index in [0.29, 0.717) is 0 Å². The summed E-state index contributed by atoms with van der Waals surface area (Å²) in [7, 11) is 3.67. The first-order valence-corrected chi connectivity index (χ1v) is 6.18. The quantitative estimate of drug-likeness (QED) is 0.900. The molecule has 0 radical (unpaired) electrons. The molecule has 0 saturated carbocycles. The molecule has 1 atom stereocenters. The Balaban J connectivity index is 2.05. The normalized spacial score (nSPS) is 12.4. The van der Waals surface area contributed by atoms with Gasteiger partial charge in [0.05, 0.1) is 5.69 Å². The fourth-order valence-corrected chi connectivity index (χ4v) is 1.76. The first-order valence-electron chi connectivity index (χ1n) is 6.18. The summed E-state index contributed by atoms with van der Waals surface area (Å²) in [6.45, 7) is 2.24. The van der Waals surface area contributed by atoms with Crippen LogP contribution in [0.1, 0.15) is 24.2 Å². The van der Waals surface area contributed by atoms with Crippen molar-refractivity contribution in [2.45, 2.75) is 19.6 Å². The summed E-state index contributed by atoms with van der Waals surface area (Å²) in [6, 6.07) is 6.96. The molecule has 0 aliphatic carbocycles. The highest BCUT2D eigenvalue weighted by molar-refractivity contribution is 5.31. The maximum atomic E-state index is 13.9. The lowest BCUT2D eigenvalue weighted by atomic mass is 10.1. The molecule has 0 aliphatic rings. The van der Waals surface area contributed by atoms with Gasteiger partial charge in [-0.05, 0) is 37.7 Å². The average molecular weight is 263 g/mol. The SMILES string of the molecule is CNC(C)c1ccc(OCc2ccn(C)n2)c(F)c1. The topological polar surface area (TPSA) is 39.1 Å². The van der Waals surface area contributed by atoms with Crippen molar-refractivity contribution in [3.8, 4) is 5.75 Å². The van der Waals surface area contributed by atoms with E-state index in [9.17, 15) is 4.39 Å². The van der Waals surface area contributed by atoms with Gasteiger partial charge in [-0.1, -0.05) is 6.07 Å². The van der Waals surface area contributed by atoms with Gasteiger partial charge >= 0.3 is 0 Å². The van der Waals surface area contributed by atoms with Crippen molar-refractivity contribution < 1.29 is 9.13 Å². The Kier molecular flexibility index (Phi) is 4.16. The Hall–Kier alpha value is -1.88. The summed E-state index contributed by atoms with van der Waals surface area (Å²) < 4.78 is 21.0. The van der Waals surface area contributed by atoms with Crippen LogP contribution in [0.15, 0.2) is 30.5 Å². The van der Waals surface area contributed by atoms with E-state index in [1.165, 1.54) is 6.07 Å². The highest BCUT2D eigenvalue weighted by atomic mass is 19.1. The molecule has 0 aliphatic heterocycles. The number of nitrogens with one attached hydrogen (secondary N) is 1. The molecule has 1 aromatic carbocycles. The van der Waals surface area contributed by atoms with Gasteiger partial charge in [-0.3, -0.25) is 4.68 Å². The molecular formula is C14H18FN3O. The fourth-order valence-electron chi connectivity index (χ4n) is 1.76. The number of aromatic nitrogens is 2. The van der Waals surface area contributed by atoms with E-state index in [1.54, 1.807) is 10.7 Å². The van der Waals surface area contributed by atoms with Gasteiger partial charge in [0, 0.05) is 19.3 Å². The highest BCUT2D eigenvalue weighted by Crippen LogP contribution is 2.22. The maximum absolute atomic E-state index is 13.9. The van der Waals surface area contributed by atoms with Crippen LogP contribution in [0.25, 0.3) is 0 Å². The van der Waals surface area contributed by atoms with Crippen LogP contribution in [-0.4, -0.2) is 16.8 Å². The zero-order valence-corrected chi connectivity index (χ0v) is 11.4. The first kappa shape index (κ1) is 13.5. The monoisotopic (exact) mass is 263 g/mol. The molecule has 4 nitrogen and oxygen atoms in total. The fraction of sp³-hybridized carbons (Fsp3) is 0.357. The Bertz CT molecular complexity index is 553. The lowest BCUT2D eigenvalue weighted by Gasteiger charge is -2.12. The zero-order valence-electron chi connectivity index (χ0n) is 11.4. The molecule has 1 aromatic heterocycles. The molecule has 2 rings (SSSR count). The van der Waals surface area contributed by atoms with E-state index in [-0.39, 0.29) is 24.2 Å². The smallest absolute Gasteiger partial charge is 0.165 e. The summed E-state index contributed by atoms with van der Waals surface area (Å²) in [4.78, 5) is 0. The highest BCUT2D eigenvalue weighted by Gasteiger charge is 2.09. The number of rotatable bonds is 5. The van der Waals surface area contributed by atoms with Crippen LogP contribution in [0.2, 0.25) is 0 Å². The summed E-state index contributed by atoms with van der Waals surface area (Å²) >= 11 is 0. The number of halogens is 1. The molecule has 2 aromatic rings. The third kappa shape index (κ3) is 3.32. The summed E-state index contributed by atoms with van der Waals surface area (Å²) in [5.41, 5.74) is 1.67. The van der Waals surface area contributed by atoms with E-state index in [2.05, 4.69) is 10.4 Å². The third-order valence-electron chi connectivity index (χ3n) is 3.03. The average Bonchev–Trinajstić information content (AvgIpc) is 2.82. The van der Waals surface area contributed by atoms with Crippen LogP contribution in [0.5, 0.6) is 5.75 Å². The predicted octanol–water partition coefficient (Wildman–Crippen LogP) is 2.42. The number of hydrogen-bond donors (Lipinski definition) is 1. The van der Waals surface area contributed by atoms with Crippen LogP contribution in [0.3, 0.4) is 0 Å². The van der Waals surface area contributed by atoms with Gasteiger partial charge in [0.1, 0.15) is 6.61 Å². The van der Waals surface area contributed by atoms with Crippen molar-refractivity contribution in [3.63, 3.8) is 0 Å². The zero-order chi connectivity index (χ0) is 13.8. The Morgan fingerprint density at radius 2 is 2.21 bits per heavy atom. The minimum Gasteiger partial charge on any atom is -0.484 e. The summed E-state index contributed by atoms with van der Waals surface area (Å²) in [5.74, 6) is -0.103. The van der Waals surface area contributed by atoms with E-state index >= 15 is 0 Å². The molecule has 5 heteroatoms. The Morgan fingerprint density at radius 1 is 1.42 bits per heavy atom. The van der Waals surface area contributed by atoms with Crippen molar-refractivity contribution in [2.24, 2.45) is 7.05 Å². The third-order valence-corrected chi connectivity index (χ3v) is 3.03. The molecule has 0 amide bonds. The van der Waals surface area contributed by atoms with Crippen LogP contribution in [0, 0.1) is 5.82 Å². The van der Waals surface area contributed by atoms with Gasteiger partial charge in [0.25, 0.3) is 0 Å². The second-order valence-electron chi connectivity index (χ2n) is 4.47. The molecule has 102 valence electrons. The molecule has 1 heterocycles. The van der Waals surface area contributed by atoms with E-state index in [0.717, 1.165) is 11.3 Å². The van der Waals surface area contributed by atoms with Crippen LogP contribution in [0.4, 0.5) is 4.39 Å². The number of aryl methyl sites for hydroxylation is 1. The van der Waals surface area contributed by atoms with Crippen molar-refractivity contribution in [2.75, 3.05) is 7.05 Å². The number of hydrogen-bond acceptors (Lipinski definition) is 3. The van der Waals surface area contributed by atoms with Crippen molar-refractivity contribution in [3.05, 3.63) is 47.5 Å². The van der Waals surface area contributed by atoms with Gasteiger partial charge in [-0.15, -0.1) is 0 Å². The van der Waals surface area contributed by atoms with Crippen LogP contribution < -0.4 is 10.1 Å². The van der Waals surface area contributed by atoms with Gasteiger partial charge < -0.3 is 10.1 Å². The van der Waals surface area contributed by atoms with E-state index in [4.69, 9.17) is 4.74 Å². The van der Waals surface area contributed by atoms with Crippen molar-refractivity contribution >= 4 is 0 Å². The Morgan fingerprint density at radius 3 is 2.79 bits per heavy atom. The molecule has 0 spiro atoms. The largest absolute Gasteiger partial charge is 0.484 e. The molecule has 0 fully saturated rings. The first-order chi connectivity index (χ1) is 9.10. The number of nitrogens with zero attached hydrogens (tertiary/aromatic N) is 2. The van der Waals surface area contributed by atoms with Gasteiger partial charge in [-0.2, -0.15) is 5.10 Å². The lowest BCUT2D eigenvalue weighted by Crippen LogP contribution is -2.12. The molecular weight excluding hydrogens is 245 g/mol. The van der Waals surface area contributed by atoms with Gasteiger partial charge in [0.2, 0.25) is 0 Å². The van der Waals surface area contributed by atoms with E-state index in [1.807, 2.05) is 39.3 Å². The Labute approximate surface area is 112 Å². The summed E-state index contributed by atoms with van der Waals surface area (Å²) in [5, 5.41) is 7.24. The van der Waals surface area contributed by atoms with Gasteiger partial charge in [0.15, 0.2) is 11.6 Å². The second-order valence-corrected chi connectivity index (χ2v) is 4.47. The minimum absolute atomic E-state index is 0.111. The molecule has 0 bridgehead atoms. The standard InChI is InChI=1S/C14H18FN3O/c1-10(16-2)11-4-5-14(13(15)8-11)19-9-12-6-7-18(3)17-12/h4-8,10,16H,9H2,1-3H3. The van der Waals surface area contributed by atoms with Crippen LogP contribution in [-0.2, 0) is 13.7 Å². The van der Waals surface area contributed by atoms with E-state index < -0.39 is 0 Å². The molecule has 0 saturated heterocycles. The molecule has 19 heavy (non-hydrogen) atoms. The maximum Gasteiger partial charge on any atom is 0.165 e. The molecule has 1 unspecified atom stereocenters. The molecule has 1 N–H and O–H groups in total. The number of benzene rings is 1. The lowest BCUT2D eigenvalue weighted by molar-refractivity contribution is 0.284. The minimum atomic E-state index is -0.351. The number of ether oxygens (including phenoxy) is 1. The predicted molar refractivity (Wildman–Crippen MR) is 71.4 cm³/mol. The van der Waals surface area contributed by atoms with Crippen LogP contribution >= 0.6 is 0 Å². The van der Waals surface area contributed by atoms with Crippen molar-refractivity contribution in [1.29, 1.82) is 0 Å². The van der Waals surface area contributed by atoms with Gasteiger partial charge in [-0.25, -0.2) is 4.39 Å².